The fraction of sp³-hybridized carbons (Fsp3) is 0.182. The molecule has 0 spiro atoms. The van der Waals surface area contributed by atoms with Gasteiger partial charge in [-0.25, -0.2) is 0 Å². The fourth-order valence-corrected chi connectivity index (χ4v) is 1.66. The van der Waals surface area contributed by atoms with Gasteiger partial charge in [-0.2, -0.15) is 11.8 Å². The Labute approximate surface area is 97.5 Å². The molecule has 0 bridgehead atoms. The maximum absolute atomic E-state index is 11.7. The number of hydrogen-bond donors (Lipinski definition) is 0. The SMILES string of the molecule is C=C(CSC)C(=O)c1ccc([N+](=O)[O-])cc1. The molecule has 0 saturated heterocycles. The Morgan fingerprint density at radius 2 is 2.00 bits per heavy atom. The van der Waals surface area contributed by atoms with Crippen LogP contribution < -0.4 is 0 Å². The molecule has 0 aromatic heterocycles. The molecule has 0 fully saturated rings. The number of Topliss-reactive ketones (excluding diaryl/α,β-unsaturated/α-hetero) is 1. The van der Waals surface area contributed by atoms with E-state index >= 15 is 0 Å². The molecule has 0 aliphatic heterocycles. The minimum absolute atomic E-state index is 0.0213. The van der Waals surface area contributed by atoms with Crippen molar-refractivity contribution in [1.29, 1.82) is 0 Å². The molecule has 0 aliphatic rings. The minimum Gasteiger partial charge on any atom is -0.289 e. The first-order valence-electron chi connectivity index (χ1n) is 4.52. The van der Waals surface area contributed by atoms with Crippen LogP contribution in [0.15, 0.2) is 36.4 Å². The summed E-state index contributed by atoms with van der Waals surface area (Å²) in [5.41, 5.74) is 0.915. The molecule has 0 N–H and O–H groups in total. The van der Waals surface area contributed by atoms with E-state index in [0.29, 0.717) is 16.9 Å². The highest BCUT2D eigenvalue weighted by Crippen LogP contribution is 2.15. The first kappa shape index (κ1) is 12.4. The second kappa shape index (κ2) is 5.46. The number of rotatable bonds is 5. The van der Waals surface area contributed by atoms with Crippen molar-refractivity contribution < 1.29 is 9.72 Å². The summed E-state index contributed by atoms with van der Waals surface area (Å²) in [5, 5.41) is 10.4. The summed E-state index contributed by atoms with van der Waals surface area (Å²) in [7, 11) is 0. The third-order valence-electron chi connectivity index (χ3n) is 1.98. The van der Waals surface area contributed by atoms with Gasteiger partial charge in [0.05, 0.1) is 4.92 Å². The normalized spacial score (nSPS) is 9.81. The van der Waals surface area contributed by atoms with Crippen LogP contribution in [-0.4, -0.2) is 22.7 Å². The van der Waals surface area contributed by atoms with Crippen molar-refractivity contribution in [2.75, 3.05) is 12.0 Å². The number of nitro benzene ring substituents is 1. The highest BCUT2D eigenvalue weighted by atomic mass is 32.2. The standard InChI is InChI=1S/C11H11NO3S/c1-8(7-16-2)11(13)9-3-5-10(6-4-9)12(14)15/h3-6H,1,7H2,2H3. The lowest BCUT2D eigenvalue weighted by Gasteiger charge is -2.02. The van der Waals surface area contributed by atoms with Crippen molar-refractivity contribution in [3.8, 4) is 0 Å². The number of hydrogen-bond acceptors (Lipinski definition) is 4. The number of carbonyl (C=O) groups is 1. The van der Waals surface area contributed by atoms with Crippen LogP contribution in [0.2, 0.25) is 0 Å². The Kier molecular flexibility index (Phi) is 4.25. The number of non-ortho nitro benzene ring substituents is 1. The van der Waals surface area contributed by atoms with Crippen molar-refractivity contribution >= 4 is 23.2 Å². The molecular weight excluding hydrogens is 226 g/mol. The van der Waals surface area contributed by atoms with Gasteiger partial charge in [-0.15, -0.1) is 0 Å². The van der Waals surface area contributed by atoms with Gasteiger partial charge < -0.3 is 0 Å². The highest BCUT2D eigenvalue weighted by molar-refractivity contribution is 7.98. The minimum atomic E-state index is -0.495. The van der Waals surface area contributed by atoms with Crippen LogP contribution in [0, 0.1) is 10.1 Å². The molecule has 0 aliphatic carbocycles. The summed E-state index contributed by atoms with van der Waals surface area (Å²) in [5.74, 6) is 0.403. The second-order valence-electron chi connectivity index (χ2n) is 3.17. The number of thioether (sulfide) groups is 1. The largest absolute Gasteiger partial charge is 0.289 e. The quantitative estimate of drug-likeness (QED) is 0.342. The Balaban J connectivity index is 2.85. The van der Waals surface area contributed by atoms with E-state index in [-0.39, 0.29) is 11.5 Å². The van der Waals surface area contributed by atoms with Crippen LogP contribution in [0.3, 0.4) is 0 Å². The lowest BCUT2D eigenvalue weighted by Crippen LogP contribution is -2.04. The average molecular weight is 237 g/mol. The van der Waals surface area contributed by atoms with E-state index in [1.165, 1.54) is 36.0 Å². The Hall–Kier alpha value is -1.62. The van der Waals surface area contributed by atoms with Crippen molar-refractivity contribution in [2.24, 2.45) is 0 Å². The topological polar surface area (TPSA) is 60.2 Å². The van der Waals surface area contributed by atoms with Crippen LogP contribution in [-0.2, 0) is 0 Å². The number of nitro groups is 1. The fourth-order valence-electron chi connectivity index (χ4n) is 1.18. The van der Waals surface area contributed by atoms with E-state index in [1.54, 1.807) is 0 Å². The number of nitrogens with zero attached hydrogens (tertiary/aromatic N) is 1. The van der Waals surface area contributed by atoms with Gasteiger partial charge in [-0.05, 0) is 18.4 Å². The van der Waals surface area contributed by atoms with Gasteiger partial charge in [0.25, 0.3) is 5.69 Å². The number of ketones is 1. The molecule has 0 atom stereocenters. The molecule has 0 unspecified atom stereocenters. The van der Waals surface area contributed by atoms with Crippen molar-refractivity contribution in [1.82, 2.24) is 0 Å². The van der Waals surface area contributed by atoms with Gasteiger partial charge in [0, 0.05) is 29.0 Å². The highest BCUT2D eigenvalue weighted by Gasteiger charge is 2.11. The van der Waals surface area contributed by atoms with E-state index in [1.807, 2.05) is 6.26 Å². The molecule has 1 rings (SSSR count). The molecule has 16 heavy (non-hydrogen) atoms. The summed E-state index contributed by atoms with van der Waals surface area (Å²) >= 11 is 1.51. The first-order valence-corrected chi connectivity index (χ1v) is 5.91. The molecule has 84 valence electrons. The van der Waals surface area contributed by atoms with Crippen LogP contribution in [0.25, 0.3) is 0 Å². The number of benzene rings is 1. The van der Waals surface area contributed by atoms with Gasteiger partial charge >= 0.3 is 0 Å². The van der Waals surface area contributed by atoms with E-state index in [2.05, 4.69) is 6.58 Å². The lowest BCUT2D eigenvalue weighted by molar-refractivity contribution is -0.384. The third kappa shape index (κ3) is 2.93. The summed E-state index contributed by atoms with van der Waals surface area (Å²) in [6.45, 7) is 3.67. The van der Waals surface area contributed by atoms with Crippen molar-refractivity contribution in [3.05, 3.63) is 52.1 Å². The molecule has 0 saturated carbocycles. The molecule has 0 amide bonds. The summed E-state index contributed by atoms with van der Waals surface area (Å²) in [6, 6.07) is 5.54. The lowest BCUT2D eigenvalue weighted by atomic mass is 10.1. The first-order chi connectivity index (χ1) is 7.56. The zero-order chi connectivity index (χ0) is 12.1. The van der Waals surface area contributed by atoms with Crippen LogP contribution >= 0.6 is 11.8 Å². The summed E-state index contributed by atoms with van der Waals surface area (Å²) < 4.78 is 0. The van der Waals surface area contributed by atoms with Crippen molar-refractivity contribution in [2.45, 2.75) is 0 Å². The van der Waals surface area contributed by atoms with Crippen LogP contribution in [0.1, 0.15) is 10.4 Å². The van der Waals surface area contributed by atoms with Gasteiger partial charge in [0.15, 0.2) is 5.78 Å². The third-order valence-corrected chi connectivity index (χ3v) is 2.62. The maximum atomic E-state index is 11.7. The molecule has 5 heteroatoms. The predicted octanol–water partition coefficient (Wildman–Crippen LogP) is 2.70. The van der Waals surface area contributed by atoms with Gasteiger partial charge in [-0.3, -0.25) is 14.9 Å². The summed E-state index contributed by atoms with van der Waals surface area (Å²) in [4.78, 5) is 21.7. The maximum Gasteiger partial charge on any atom is 0.269 e. The molecule has 0 radical (unpaired) electrons. The Morgan fingerprint density at radius 3 is 2.44 bits per heavy atom. The molecular formula is C11H11NO3S. The zero-order valence-corrected chi connectivity index (χ0v) is 9.62. The van der Waals surface area contributed by atoms with E-state index < -0.39 is 4.92 Å². The van der Waals surface area contributed by atoms with Crippen LogP contribution in [0.5, 0.6) is 0 Å². The van der Waals surface area contributed by atoms with Gasteiger partial charge in [-0.1, -0.05) is 6.58 Å². The average Bonchev–Trinajstić information content (AvgIpc) is 2.28. The Morgan fingerprint density at radius 1 is 1.44 bits per heavy atom. The second-order valence-corrected chi connectivity index (χ2v) is 4.04. The Bertz CT molecular complexity index is 425. The van der Waals surface area contributed by atoms with Gasteiger partial charge in [0.1, 0.15) is 0 Å². The van der Waals surface area contributed by atoms with Crippen LogP contribution in [0.4, 0.5) is 5.69 Å². The number of carbonyl (C=O) groups excluding carboxylic acids is 1. The summed E-state index contributed by atoms with van der Waals surface area (Å²) in [6.07, 6.45) is 1.88. The molecule has 1 aromatic rings. The molecule has 0 heterocycles. The smallest absolute Gasteiger partial charge is 0.269 e. The van der Waals surface area contributed by atoms with Gasteiger partial charge in [0.2, 0.25) is 0 Å². The monoisotopic (exact) mass is 237 g/mol. The molecule has 1 aromatic carbocycles. The van der Waals surface area contributed by atoms with E-state index in [9.17, 15) is 14.9 Å². The van der Waals surface area contributed by atoms with E-state index in [0.717, 1.165) is 0 Å². The van der Waals surface area contributed by atoms with E-state index in [4.69, 9.17) is 0 Å². The van der Waals surface area contributed by atoms with Crippen molar-refractivity contribution in [3.63, 3.8) is 0 Å². The molecule has 4 nitrogen and oxygen atoms in total. The zero-order valence-electron chi connectivity index (χ0n) is 8.80. The predicted molar refractivity (Wildman–Crippen MR) is 64.9 cm³/mol.